The number of hydrogen-bond acceptors (Lipinski definition) is 6. The van der Waals surface area contributed by atoms with Crippen LogP contribution in [0.25, 0.3) is 10.8 Å². The third-order valence-electron chi connectivity index (χ3n) is 6.38. The highest BCUT2D eigenvalue weighted by atomic mass is 16.6. The molecule has 0 atom stereocenters. The molecule has 2 N–H and O–H groups in total. The van der Waals surface area contributed by atoms with Crippen molar-refractivity contribution in [1.29, 1.82) is 0 Å². The summed E-state index contributed by atoms with van der Waals surface area (Å²) < 4.78 is 10.7. The van der Waals surface area contributed by atoms with E-state index in [1.807, 2.05) is 71.9 Å². The van der Waals surface area contributed by atoms with Gasteiger partial charge in [0.2, 0.25) is 0 Å². The topological polar surface area (TPSA) is 97.0 Å². The third kappa shape index (κ3) is 11.2. The van der Waals surface area contributed by atoms with Gasteiger partial charge in [-0.3, -0.25) is 4.79 Å². The molecule has 0 aromatic heterocycles. The molecular weight excluding hydrogens is 530 g/mol. The van der Waals surface area contributed by atoms with Crippen molar-refractivity contribution >= 4 is 28.7 Å². The van der Waals surface area contributed by atoms with E-state index in [9.17, 15) is 14.4 Å². The van der Waals surface area contributed by atoms with Gasteiger partial charge in [0.05, 0.1) is 5.56 Å². The third-order valence-corrected chi connectivity index (χ3v) is 6.38. The number of esters is 1. The molecule has 2 amide bonds. The first-order valence-electron chi connectivity index (χ1n) is 14.5. The van der Waals surface area contributed by atoms with Gasteiger partial charge in [-0.15, -0.1) is 0 Å². The van der Waals surface area contributed by atoms with Gasteiger partial charge in [0.25, 0.3) is 5.91 Å². The minimum atomic E-state index is -0.556. The van der Waals surface area contributed by atoms with Crippen LogP contribution in [0.3, 0.4) is 0 Å². The summed E-state index contributed by atoms with van der Waals surface area (Å²) in [5.41, 5.74) is 2.27. The summed E-state index contributed by atoms with van der Waals surface area (Å²) in [5, 5.41) is 7.55. The Balaban J connectivity index is 1.37. The zero-order valence-electron chi connectivity index (χ0n) is 26.0. The monoisotopic (exact) mass is 575 g/mol. The van der Waals surface area contributed by atoms with E-state index in [0.717, 1.165) is 42.3 Å². The van der Waals surface area contributed by atoms with Crippen molar-refractivity contribution in [3.8, 4) is 0 Å². The normalized spacial score (nSPS) is 11.8. The highest BCUT2D eigenvalue weighted by molar-refractivity contribution is 6.00. The number of nitrogens with zero attached hydrogens (tertiary/aromatic N) is 1. The Morgan fingerprint density at radius 1 is 0.714 bits per heavy atom. The fraction of sp³-hybridized carbons (Fsp3) is 0.441. The van der Waals surface area contributed by atoms with Gasteiger partial charge >= 0.3 is 12.1 Å². The van der Waals surface area contributed by atoms with E-state index in [1.54, 1.807) is 18.2 Å². The molecular formula is C34H45N3O5. The smallest absolute Gasteiger partial charge is 0.407 e. The molecule has 42 heavy (non-hydrogen) atoms. The molecule has 8 nitrogen and oxygen atoms in total. The number of fused-ring (bicyclic) bond motifs is 1. The lowest BCUT2D eigenvalue weighted by atomic mass is 10.0. The average molecular weight is 576 g/mol. The van der Waals surface area contributed by atoms with Crippen molar-refractivity contribution in [2.45, 2.75) is 72.1 Å². The number of rotatable bonds is 11. The maximum Gasteiger partial charge on any atom is 0.407 e. The summed E-state index contributed by atoms with van der Waals surface area (Å²) in [4.78, 5) is 39.1. The van der Waals surface area contributed by atoms with Gasteiger partial charge in [0.1, 0.15) is 11.2 Å². The molecule has 0 unspecified atom stereocenters. The highest BCUT2D eigenvalue weighted by Crippen LogP contribution is 2.20. The molecule has 0 saturated carbocycles. The van der Waals surface area contributed by atoms with Crippen LogP contribution in [0.4, 0.5) is 4.79 Å². The molecule has 0 aliphatic carbocycles. The molecule has 0 fully saturated rings. The van der Waals surface area contributed by atoms with Crippen LogP contribution >= 0.6 is 0 Å². The molecule has 226 valence electrons. The largest absolute Gasteiger partial charge is 0.456 e. The molecule has 0 heterocycles. The van der Waals surface area contributed by atoms with Crippen LogP contribution < -0.4 is 10.6 Å². The van der Waals surface area contributed by atoms with Crippen LogP contribution in [-0.2, 0) is 22.4 Å². The lowest BCUT2D eigenvalue weighted by Crippen LogP contribution is -2.33. The Hall–Kier alpha value is -3.91. The fourth-order valence-electron chi connectivity index (χ4n) is 4.29. The van der Waals surface area contributed by atoms with Crippen molar-refractivity contribution in [1.82, 2.24) is 15.5 Å². The second-order valence-corrected chi connectivity index (χ2v) is 12.6. The van der Waals surface area contributed by atoms with Crippen LogP contribution in [0.15, 0.2) is 60.7 Å². The first-order valence-corrected chi connectivity index (χ1v) is 14.5. The summed E-state index contributed by atoms with van der Waals surface area (Å²) in [7, 11) is 2.05. The molecule has 0 radical (unpaired) electrons. The van der Waals surface area contributed by atoms with Crippen molar-refractivity contribution in [3.05, 3.63) is 82.9 Å². The number of nitrogens with one attached hydrogen (secondary N) is 2. The Kier molecular flexibility index (Phi) is 11.1. The quantitative estimate of drug-likeness (QED) is 0.268. The molecule has 3 rings (SSSR count). The van der Waals surface area contributed by atoms with E-state index in [0.29, 0.717) is 24.2 Å². The van der Waals surface area contributed by atoms with Crippen molar-refractivity contribution < 1.29 is 23.9 Å². The van der Waals surface area contributed by atoms with E-state index in [-0.39, 0.29) is 11.9 Å². The van der Waals surface area contributed by atoms with Crippen molar-refractivity contribution in [2.75, 3.05) is 26.7 Å². The van der Waals surface area contributed by atoms with Gasteiger partial charge in [0, 0.05) is 25.2 Å². The zero-order valence-corrected chi connectivity index (χ0v) is 26.0. The van der Waals surface area contributed by atoms with Gasteiger partial charge in [-0.25, -0.2) is 9.59 Å². The van der Waals surface area contributed by atoms with Crippen LogP contribution in [0.2, 0.25) is 0 Å². The molecule has 3 aromatic carbocycles. The van der Waals surface area contributed by atoms with E-state index < -0.39 is 17.3 Å². The van der Waals surface area contributed by atoms with Crippen LogP contribution in [0.5, 0.6) is 0 Å². The van der Waals surface area contributed by atoms with Gasteiger partial charge in [-0.05, 0) is 114 Å². The minimum Gasteiger partial charge on any atom is -0.456 e. The number of carbonyl (C=O) groups is 3. The number of likely N-dealkylation sites (N-methyl/N-ethyl adjacent to an activating group) is 1. The minimum absolute atomic E-state index is 0.122. The highest BCUT2D eigenvalue weighted by Gasteiger charge is 2.18. The Bertz CT molecular complexity index is 1370. The Labute approximate surface area is 249 Å². The lowest BCUT2D eigenvalue weighted by Gasteiger charge is -2.19. The number of amides is 2. The fourth-order valence-corrected chi connectivity index (χ4v) is 4.29. The summed E-state index contributed by atoms with van der Waals surface area (Å²) in [6.45, 7) is 13.7. The van der Waals surface area contributed by atoms with Crippen LogP contribution in [0.1, 0.15) is 79.8 Å². The molecule has 0 saturated heterocycles. The SMILES string of the molecule is CN(CCCc1ccc(CNC(=O)OC(C)(C)C)cc1)CCNC(=O)c1ccc2cc(C(=O)OC(C)(C)C)ccc2c1. The van der Waals surface area contributed by atoms with Gasteiger partial charge in [-0.1, -0.05) is 36.4 Å². The van der Waals surface area contributed by atoms with Gasteiger partial charge < -0.3 is 25.0 Å². The first-order chi connectivity index (χ1) is 19.7. The molecule has 0 bridgehead atoms. The summed E-state index contributed by atoms with van der Waals surface area (Å²) in [5.74, 6) is -0.485. The van der Waals surface area contributed by atoms with E-state index in [2.05, 4.69) is 34.7 Å². The standard InChI is InChI=1S/C34H45N3O5/c1-33(2,3)41-31(39)29-17-15-26-21-28(16-14-27(26)22-29)30(38)35-18-20-37(7)19-8-9-24-10-12-25(13-11-24)23-36-32(40)42-34(4,5)6/h10-17,21-22H,8-9,18-20,23H2,1-7H3,(H,35,38)(H,36,40). The lowest BCUT2D eigenvalue weighted by molar-refractivity contribution is 0.00692. The van der Waals surface area contributed by atoms with Crippen molar-refractivity contribution in [2.24, 2.45) is 0 Å². The number of hydrogen-bond donors (Lipinski definition) is 2. The average Bonchev–Trinajstić information content (AvgIpc) is 2.90. The molecule has 8 heteroatoms. The van der Waals surface area contributed by atoms with Crippen LogP contribution in [-0.4, -0.2) is 60.8 Å². The number of benzene rings is 3. The Morgan fingerprint density at radius 2 is 1.29 bits per heavy atom. The predicted molar refractivity (Wildman–Crippen MR) is 167 cm³/mol. The number of aryl methyl sites for hydroxylation is 1. The molecule has 0 aliphatic heterocycles. The summed E-state index contributed by atoms with van der Waals surface area (Å²) in [6, 6.07) is 19.1. The second kappa shape index (κ2) is 14.3. The van der Waals surface area contributed by atoms with Crippen molar-refractivity contribution in [3.63, 3.8) is 0 Å². The second-order valence-electron chi connectivity index (χ2n) is 12.6. The molecule has 0 aliphatic rings. The number of ether oxygens (including phenoxy) is 2. The number of carbonyl (C=O) groups excluding carboxylic acids is 3. The van der Waals surface area contributed by atoms with E-state index in [1.165, 1.54) is 5.56 Å². The predicted octanol–water partition coefficient (Wildman–Crippen LogP) is 6.11. The summed E-state index contributed by atoms with van der Waals surface area (Å²) in [6.07, 6.45) is 1.53. The first kappa shape index (κ1) is 32.6. The maximum atomic E-state index is 12.7. The van der Waals surface area contributed by atoms with E-state index >= 15 is 0 Å². The van der Waals surface area contributed by atoms with Gasteiger partial charge in [-0.2, -0.15) is 0 Å². The number of alkyl carbamates (subject to hydrolysis) is 1. The molecule has 0 spiro atoms. The van der Waals surface area contributed by atoms with Gasteiger partial charge in [0.15, 0.2) is 0 Å². The zero-order chi connectivity index (χ0) is 30.9. The van der Waals surface area contributed by atoms with Crippen LogP contribution in [0, 0.1) is 0 Å². The maximum absolute atomic E-state index is 12.7. The Morgan fingerprint density at radius 3 is 1.90 bits per heavy atom. The summed E-state index contributed by atoms with van der Waals surface area (Å²) >= 11 is 0. The molecule has 3 aromatic rings. The van der Waals surface area contributed by atoms with E-state index in [4.69, 9.17) is 9.47 Å².